The average molecular weight is 383 g/mol. The van der Waals surface area contributed by atoms with Crippen molar-refractivity contribution in [2.45, 2.75) is 20.8 Å². The molecule has 0 saturated carbocycles. The second-order valence-corrected chi connectivity index (χ2v) is 7.06. The quantitative estimate of drug-likeness (QED) is 0.748. The molecular formula is C22H25ClN3O-. The molecule has 1 aromatic heterocycles. The number of fused-ring (bicyclic) bond motifs is 1. The first-order valence-corrected chi connectivity index (χ1v) is 9.18. The average Bonchev–Trinajstić information content (AvgIpc) is 2.64. The van der Waals surface area contributed by atoms with Crippen LogP contribution in [0.1, 0.15) is 16.8 Å². The lowest BCUT2D eigenvalue weighted by molar-refractivity contribution is -0.00000620. The van der Waals surface area contributed by atoms with Gasteiger partial charge in [0.25, 0.3) is 0 Å². The highest BCUT2D eigenvalue weighted by molar-refractivity contribution is 5.95. The van der Waals surface area contributed by atoms with Gasteiger partial charge in [-0.15, -0.1) is 0 Å². The maximum absolute atomic E-state index is 5.44. The molecule has 0 bridgehead atoms. The molecule has 0 radical (unpaired) electrons. The Morgan fingerprint density at radius 2 is 1.67 bits per heavy atom. The number of morpholine rings is 1. The van der Waals surface area contributed by atoms with Crippen molar-refractivity contribution in [2.24, 2.45) is 0 Å². The van der Waals surface area contributed by atoms with Crippen molar-refractivity contribution in [1.29, 1.82) is 0 Å². The Hall–Kier alpha value is -2.30. The molecule has 1 fully saturated rings. The van der Waals surface area contributed by atoms with Gasteiger partial charge >= 0.3 is 0 Å². The molecule has 1 N–H and O–H groups in total. The molecular weight excluding hydrogens is 358 g/mol. The third kappa shape index (κ3) is 4.18. The molecule has 3 aromatic rings. The van der Waals surface area contributed by atoms with E-state index in [0.717, 1.165) is 48.9 Å². The second-order valence-electron chi connectivity index (χ2n) is 7.06. The van der Waals surface area contributed by atoms with Crippen molar-refractivity contribution >= 4 is 28.0 Å². The summed E-state index contributed by atoms with van der Waals surface area (Å²) in [5.41, 5.74) is 8.02. The van der Waals surface area contributed by atoms with Gasteiger partial charge in [-0.2, -0.15) is 0 Å². The van der Waals surface area contributed by atoms with Crippen LogP contribution in [0.25, 0.3) is 10.9 Å². The summed E-state index contributed by atoms with van der Waals surface area (Å²) in [7, 11) is 0. The van der Waals surface area contributed by atoms with Gasteiger partial charge in [0, 0.05) is 41.2 Å². The minimum absolute atomic E-state index is 0. The fourth-order valence-electron chi connectivity index (χ4n) is 3.65. The summed E-state index contributed by atoms with van der Waals surface area (Å²) in [6, 6.07) is 15.2. The molecule has 2 aromatic carbocycles. The maximum Gasteiger partial charge on any atom is 0.0755 e. The zero-order chi connectivity index (χ0) is 18.1. The molecule has 142 valence electrons. The van der Waals surface area contributed by atoms with E-state index in [1.54, 1.807) is 0 Å². The number of halogens is 1. The Morgan fingerprint density at radius 3 is 2.37 bits per heavy atom. The Kier molecular flexibility index (Phi) is 5.88. The zero-order valence-electron chi connectivity index (χ0n) is 16.1. The molecule has 1 aliphatic heterocycles. The van der Waals surface area contributed by atoms with Gasteiger partial charge in [-0.25, -0.2) is 0 Å². The number of pyridine rings is 1. The van der Waals surface area contributed by atoms with E-state index < -0.39 is 0 Å². The normalized spacial score (nSPS) is 14.1. The van der Waals surface area contributed by atoms with Crippen LogP contribution in [-0.2, 0) is 4.74 Å². The van der Waals surface area contributed by atoms with Crippen LogP contribution in [0.15, 0.2) is 42.5 Å². The predicted octanol–water partition coefficient (Wildman–Crippen LogP) is 1.74. The third-order valence-electron chi connectivity index (χ3n) is 4.90. The minimum Gasteiger partial charge on any atom is -1.00 e. The molecule has 2 heterocycles. The van der Waals surface area contributed by atoms with E-state index in [9.17, 15) is 0 Å². The number of nitrogens with one attached hydrogen (secondary N) is 1. The number of benzene rings is 2. The SMILES string of the molecule is Cc1cc(C)c2nc(C)cc(Nc3ccc(N4CCOCC4)cc3)c2c1.[Cl-]. The highest BCUT2D eigenvalue weighted by atomic mass is 35.5. The third-order valence-corrected chi connectivity index (χ3v) is 4.90. The van der Waals surface area contributed by atoms with Crippen LogP contribution in [0.4, 0.5) is 17.1 Å². The number of hydrogen-bond acceptors (Lipinski definition) is 4. The minimum atomic E-state index is 0. The molecule has 1 saturated heterocycles. The van der Waals surface area contributed by atoms with E-state index in [0.29, 0.717) is 0 Å². The predicted molar refractivity (Wildman–Crippen MR) is 109 cm³/mol. The fraction of sp³-hybridized carbons (Fsp3) is 0.318. The number of rotatable bonds is 3. The first kappa shape index (κ1) is 19.5. The highest BCUT2D eigenvalue weighted by Crippen LogP contribution is 2.30. The van der Waals surface area contributed by atoms with Crippen molar-refractivity contribution in [3.05, 3.63) is 59.3 Å². The summed E-state index contributed by atoms with van der Waals surface area (Å²) in [6.45, 7) is 9.84. The van der Waals surface area contributed by atoms with Crippen LogP contribution in [0.3, 0.4) is 0 Å². The van der Waals surface area contributed by atoms with Gasteiger partial charge in [0.1, 0.15) is 0 Å². The molecule has 27 heavy (non-hydrogen) atoms. The first-order chi connectivity index (χ1) is 12.6. The van der Waals surface area contributed by atoms with Gasteiger partial charge in [0.15, 0.2) is 0 Å². The van der Waals surface area contributed by atoms with E-state index in [-0.39, 0.29) is 12.4 Å². The lowest BCUT2D eigenvalue weighted by atomic mass is 10.0. The van der Waals surface area contributed by atoms with Crippen LogP contribution in [0.2, 0.25) is 0 Å². The summed E-state index contributed by atoms with van der Waals surface area (Å²) < 4.78 is 5.44. The van der Waals surface area contributed by atoms with Crippen LogP contribution in [-0.4, -0.2) is 31.3 Å². The number of nitrogens with zero attached hydrogens (tertiary/aromatic N) is 2. The number of aromatic nitrogens is 1. The van der Waals surface area contributed by atoms with Crippen molar-refractivity contribution in [2.75, 3.05) is 36.5 Å². The van der Waals surface area contributed by atoms with Gasteiger partial charge in [0.2, 0.25) is 0 Å². The van der Waals surface area contributed by atoms with E-state index >= 15 is 0 Å². The van der Waals surface area contributed by atoms with E-state index in [1.807, 2.05) is 6.92 Å². The van der Waals surface area contributed by atoms with Crippen LogP contribution < -0.4 is 22.6 Å². The van der Waals surface area contributed by atoms with Crippen molar-refractivity contribution in [3.8, 4) is 0 Å². The maximum atomic E-state index is 5.44. The Morgan fingerprint density at radius 1 is 0.963 bits per heavy atom. The molecule has 0 spiro atoms. The van der Waals surface area contributed by atoms with E-state index in [1.165, 1.54) is 22.2 Å². The van der Waals surface area contributed by atoms with Crippen LogP contribution in [0, 0.1) is 20.8 Å². The summed E-state index contributed by atoms with van der Waals surface area (Å²) >= 11 is 0. The van der Waals surface area contributed by atoms with Gasteiger partial charge in [-0.3, -0.25) is 4.98 Å². The largest absolute Gasteiger partial charge is 1.00 e. The highest BCUT2D eigenvalue weighted by Gasteiger charge is 2.11. The van der Waals surface area contributed by atoms with E-state index in [2.05, 4.69) is 66.5 Å². The Bertz CT molecular complexity index is 934. The van der Waals surface area contributed by atoms with Crippen molar-refractivity contribution < 1.29 is 17.1 Å². The lowest BCUT2D eigenvalue weighted by Gasteiger charge is -2.29. The zero-order valence-corrected chi connectivity index (χ0v) is 16.8. The number of hydrogen-bond donors (Lipinski definition) is 1. The van der Waals surface area contributed by atoms with Gasteiger partial charge in [-0.05, 0) is 62.7 Å². The molecule has 4 rings (SSSR count). The molecule has 0 atom stereocenters. The molecule has 0 unspecified atom stereocenters. The van der Waals surface area contributed by atoms with Crippen molar-refractivity contribution in [1.82, 2.24) is 4.98 Å². The van der Waals surface area contributed by atoms with Crippen molar-refractivity contribution in [3.63, 3.8) is 0 Å². The molecule has 0 amide bonds. The summed E-state index contributed by atoms with van der Waals surface area (Å²) in [5, 5.41) is 4.76. The van der Waals surface area contributed by atoms with E-state index in [4.69, 9.17) is 9.72 Å². The summed E-state index contributed by atoms with van der Waals surface area (Å²) in [6.07, 6.45) is 0. The topological polar surface area (TPSA) is 37.4 Å². The van der Waals surface area contributed by atoms with Gasteiger partial charge < -0.3 is 27.4 Å². The molecule has 0 aliphatic carbocycles. The Labute approximate surface area is 167 Å². The molecule has 4 nitrogen and oxygen atoms in total. The van der Waals surface area contributed by atoms with Crippen LogP contribution >= 0.6 is 0 Å². The molecule has 1 aliphatic rings. The monoisotopic (exact) mass is 382 g/mol. The number of ether oxygens (including phenoxy) is 1. The second kappa shape index (κ2) is 8.15. The smallest absolute Gasteiger partial charge is 0.0755 e. The number of aryl methyl sites for hydroxylation is 3. The standard InChI is InChI=1S/C22H25N3O.ClH/c1-15-12-16(2)22-20(13-15)21(14-17(3)23-22)24-18-4-6-19(7-5-18)25-8-10-26-11-9-25;/h4-7,12-14H,8-11H2,1-3H3,(H,23,24);1H/p-1. The van der Waals surface area contributed by atoms with Gasteiger partial charge in [0.05, 0.1) is 18.7 Å². The first-order valence-electron chi connectivity index (χ1n) is 9.18. The fourth-order valence-corrected chi connectivity index (χ4v) is 3.65. The summed E-state index contributed by atoms with van der Waals surface area (Å²) in [5.74, 6) is 0. The molecule has 5 heteroatoms. The van der Waals surface area contributed by atoms with Crippen LogP contribution in [0.5, 0.6) is 0 Å². The lowest BCUT2D eigenvalue weighted by Crippen LogP contribution is -3.00. The van der Waals surface area contributed by atoms with Gasteiger partial charge in [-0.1, -0.05) is 11.6 Å². The Balaban J connectivity index is 0.00000210. The summed E-state index contributed by atoms with van der Waals surface area (Å²) in [4.78, 5) is 7.10. The number of anilines is 3.